The first-order valence-corrected chi connectivity index (χ1v) is 7.18. The van der Waals surface area contributed by atoms with E-state index in [1.165, 1.54) is 0 Å². The first kappa shape index (κ1) is 16.0. The van der Waals surface area contributed by atoms with Gasteiger partial charge in [0.25, 0.3) is 5.91 Å². The molecule has 2 N–H and O–H groups in total. The van der Waals surface area contributed by atoms with Crippen LogP contribution in [0.1, 0.15) is 29.5 Å². The van der Waals surface area contributed by atoms with Crippen LogP contribution < -0.4 is 10.1 Å². The number of amides is 1. The topological polar surface area (TPSA) is 76.4 Å². The van der Waals surface area contributed by atoms with Gasteiger partial charge in [0.15, 0.2) is 5.69 Å². The van der Waals surface area contributed by atoms with Crippen LogP contribution in [0.4, 0.5) is 0 Å². The summed E-state index contributed by atoms with van der Waals surface area (Å²) >= 11 is 0. The summed E-state index contributed by atoms with van der Waals surface area (Å²) in [6.07, 6.45) is 0.518. The van der Waals surface area contributed by atoms with Crippen molar-refractivity contribution in [3.8, 4) is 11.4 Å². The Labute approximate surface area is 129 Å². The summed E-state index contributed by atoms with van der Waals surface area (Å²) in [7, 11) is 1.62. The maximum absolute atomic E-state index is 12.1. The highest BCUT2D eigenvalue weighted by atomic mass is 16.5. The molecule has 1 heterocycles. The zero-order chi connectivity index (χ0) is 16.1. The molecule has 6 nitrogen and oxygen atoms in total. The Bertz CT molecular complexity index is 635. The Balaban J connectivity index is 2.18. The second kappa shape index (κ2) is 7.09. The van der Waals surface area contributed by atoms with Crippen LogP contribution in [0.25, 0.3) is 5.69 Å². The van der Waals surface area contributed by atoms with E-state index in [1.54, 1.807) is 17.9 Å². The summed E-state index contributed by atoms with van der Waals surface area (Å²) in [4.78, 5) is 12.1. The van der Waals surface area contributed by atoms with Crippen LogP contribution >= 0.6 is 0 Å². The molecular weight excluding hydrogens is 282 g/mol. The van der Waals surface area contributed by atoms with Crippen LogP contribution in [-0.2, 0) is 0 Å². The van der Waals surface area contributed by atoms with Gasteiger partial charge >= 0.3 is 0 Å². The molecule has 1 aromatic carbocycles. The SMILES string of the molecule is COc1ccc(-n2nc(C(=O)NC(C)CCO)cc2C)cc1. The number of carbonyl (C=O) groups is 1. The van der Waals surface area contributed by atoms with E-state index >= 15 is 0 Å². The predicted molar refractivity (Wildman–Crippen MR) is 83.5 cm³/mol. The fourth-order valence-corrected chi connectivity index (χ4v) is 2.13. The molecule has 2 aromatic rings. The van der Waals surface area contributed by atoms with Crippen molar-refractivity contribution in [3.63, 3.8) is 0 Å². The summed E-state index contributed by atoms with van der Waals surface area (Å²) in [5.74, 6) is 0.528. The van der Waals surface area contributed by atoms with Crippen LogP contribution in [0.3, 0.4) is 0 Å². The number of methoxy groups -OCH3 is 1. The molecule has 1 unspecified atom stereocenters. The molecule has 0 saturated heterocycles. The van der Waals surface area contributed by atoms with Gasteiger partial charge in [0.05, 0.1) is 12.8 Å². The predicted octanol–water partition coefficient (Wildman–Crippen LogP) is 1.69. The van der Waals surface area contributed by atoms with Gasteiger partial charge in [-0.25, -0.2) is 4.68 Å². The van der Waals surface area contributed by atoms with Gasteiger partial charge in [-0.05, 0) is 50.6 Å². The van der Waals surface area contributed by atoms with Crippen molar-refractivity contribution in [2.24, 2.45) is 0 Å². The lowest BCUT2D eigenvalue weighted by atomic mass is 10.2. The second-order valence-corrected chi connectivity index (χ2v) is 5.17. The lowest BCUT2D eigenvalue weighted by molar-refractivity contribution is 0.0929. The molecule has 0 spiro atoms. The summed E-state index contributed by atoms with van der Waals surface area (Å²) in [6.45, 7) is 3.79. The number of aliphatic hydroxyl groups excluding tert-OH is 1. The number of hydrogen-bond acceptors (Lipinski definition) is 4. The summed E-state index contributed by atoms with van der Waals surface area (Å²) in [5, 5.41) is 16.0. The van der Waals surface area contributed by atoms with E-state index in [1.807, 2.05) is 38.1 Å². The lowest BCUT2D eigenvalue weighted by Crippen LogP contribution is -2.33. The van der Waals surface area contributed by atoms with E-state index in [-0.39, 0.29) is 18.6 Å². The number of aryl methyl sites for hydroxylation is 1. The minimum Gasteiger partial charge on any atom is -0.497 e. The number of nitrogens with one attached hydrogen (secondary N) is 1. The molecule has 22 heavy (non-hydrogen) atoms. The van der Waals surface area contributed by atoms with Crippen molar-refractivity contribution >= 4 is 5.91 Å². The van der Waals surface area contributed by atoms with Gasteiger partial charge in [-0.15, -0.1) is 0 Å². The van der Waals surface area contributed by atoms with E-state index in [2.05, 4.69) is 10.4 Å². The van der Waals surface area contributed by atoms with Crippen LogP contribution in [0.2, 0.25) is 0 Å². The summed E-state index contributed by atoms with van der Waals surface area (Å²) in [6, 6.07) is 9.11. The first-order valence-electron chi connectivity index (χ1n) is 7.18. The third kappa shape index (κ3) is 3.65. The standard InChI is InChI=1S/C16H21N3O3/c1-11(8-9-20)17-16(21)15-10-12(2)19(18-15)13-4-6-14(22-3)7-5-13/h4-7,10-11,20H,8-9H2,1-3H3,(H,17,21). The highest BCUT2D eigenvalue weighted by Crippen LogP contribution is 2.16. The molecule has 2 rings (SSSR count). The molecule has 118 valence electrons. The molecule has 0 saturated carbocycles. The average molecular weight is 303 g/mol. The zero-order valence-electron chi connectivity index (χ0n) is 13.0. The number of aliphatic hydroxyl groups is 1. The van der Waals surface area contributed by atoms with Crippen LogP contribution in [0, 0.1) is 6.92 Å². The van der Waals surface area contributed by atoms with Gasteiger partial charge in [-0.1, -0.05) is 0 Å². The Morgan fingerprint density at radius 1 is 1.41 bits per heavy atom. The number of nitrogens with zero attached hydrogens (tertiary/aromatic N) is 2. The number of hydrogen-bond donors (Lipinski definition) is 2. The molecule has 1 amide bonds. The van der Waals surface area contributed by atoms with Gasteiger partial charge in [0, 0.05) is 18.3 Å². The van der Waals surface area contributed by atoms with Gasteiger partial charge in [0.1, 0.15) is 5.75 Å². The highest BCUT2D eigenvalue weighted by molar-refractivity contribution is 5.92. The number of ether oxygens (including phenoxy) is 1. The van der Waals surface area contributed by atoms with Crippen molar-refractivity contribution in [3.05, 3.63) is 41.7 Å². The number of aromatic nitrogens is 2. The van der Waals surface area contributed by atoms with E-state index in [9.17, 15) is 4.79 Å². The highest BCUT2D eigenvalue weighted by Gasteiger charge is 2.15. The van der Waals surface area contributed by atoms with E-state index in [4.69, 9.17) is 9.84 Å². The molecule has 1 aromatic heterocycles. The van der Waals surface area contributed by atoms with Crippen molar-refractivity contribution < 1.29 is 14.6 Å². The minimum absolute atomic E-state index is 0.0424. The molecule has 0 aliphatic heterocycles. The summed E-state index contributed by atoms with van der Waals surface area (Å²) < 4.78 is 6.84. The monoisotopic (exact) mass is 303 g/mol. The van der Waals surface area contributed by atoms with Gasteiger partial charge < -0.3 is 15.2 Å². The Morgan fingerprint density at radius 2 is 2.09 bits per heavy atom. The molecule has 6 heteroatoms. The van der Waals surface area contributed by atoms with Crippen molar-refractivity contribution in [1.29, 1.82) is 0 Å². The van der Waals surface area contributed by atoms with Crippen molar-refractivity contribution in [2.75, 3.05) is 13.7 Å². The van der Waals surface area contributed by atoms with Gasteiger partial charge in [-0.3, -0.25) is 4.79 Å². The molecule has 0 fully saturated rings. The molecule has 1 atom stereocenters. The molecular formula is C16H21N3O3. The van der Waals surface area contributed by atoms with E-state index in [0.29, 0.717) is 12.1 Å². The number of rotatable bonds is 6. The zero-order valence-corrected chi connectivity index (χ0v) is 13.0. The van der Waals surface area contributed by atoms with Crippen LogP contribution in [0.15, 0.2) is 30.3 Å². The summed E-state index contributed by atoms with van der Waals surface area (Å²) in [5.41, 5.74) is 2.09. The molecule has 0 aliphatic rings. The Kier molecular flexibility index (Phi) is 5.16. The number of benzene rings is 1. The number of carbonyl (C=O) groups excluding carboxylic acids is 1. The quantitative estimate of drug-likeness (QED) is 0.851. The second-order valence-electron chi connectivity index (χ2n) is 5.17. The third-order valence-electron chi connectivity index (χ3n) is 3.38. The van der Waals surface area contributed by atoms with E-state index in [0.717, 1.165) is 17.1 Å². The molecule has 0 aliphatic carbocycles. The van der Waals surface area contributed by atoms with Crippen molar-refractivity contribution in [2.45, 2.75) is 26.3 Å². The average Bonchev–Trinajstić information content (AvgIpc) is 2.89. The van der Waals surface area contributed by atoms with Gasteiger partial charge in [0.2, 0.25) is 0 Å². The fourth-order valence-electron chi connectivity index (χ4n) is 2.13. The van der Waals surface area contributed by atoms with Crippen molar-refractivity contribution in [1.82, 2.24) is 15.1 Å². The smallest absolute Gasteiger partial charge is 0.272 e. The molecule has 0 radical (unpaired) electrons. The van der Waals surface area contributed by atoms with E-state index < -0.39 is 0 Å². The third-order valence-corrected chi connectivity index (χ3v) is 3.38. The maximum atomic E-state index is 12.1. The Hall–Kier alpha value is -2.34. The van der Waals surface area contributed by atoms with Gasteiger partial charge in [-0.2, -0.15) is 5.10 Å². The fraction of sp³-hybridized carbons (Fsp3) is 0.375. The maximum Gasteiger partial charge on any atom is 0.272 e. The Morgan fingerprint density at radius 3 is 2.68 bits per heavy atom. The normalized spacial score (nSPS) is 12.0. The van der Waals surface area contributed by atoms with Crippen LogP contribution in [-0.4, -0.2) is 40.6 Å². The first-order chi connectivity index (χ1) is 10.5. The minimum atomic E-state index is -0.240. The largest absolute Gasteiger partial charge is 0.497 e. The van der Waals surface area contributed by atoms with Crippen LogP contribution in [0.5, 0.6) is 5.75 Å². The molecule has 0 bridgehead atoms. The lowest BCUT2D eigenvalue weighted by Gasteiger charge is -2.10.